The quantitative estimate of drug-likeness (QED) is 0.590. The summed E-state index contributed by atoms with van der Waals surface area (Å²) in [5, 5.41) is 15.9. The number of hydrogen-bond acceptors (Lipinski definition) is 6. The van der Waals surface area contributed by atoms with Crippen LogP contribution in [0.2, 0.25) is 0 Å². The molecule has 3 heterocycles. The minimum Gasteiger partial charge on any atom is -0.379 e. The van der Waals surface area contributed by atoms with E-state index in [4.69, 9.17) is 4.74 Å². The minimum atomic E-state index is -0.602. The Balaban J connectivity index is 1.54. The number of ether oxygens (including phenoxy) is 1. The molecule has 0 unspecified atom stereocenters. The Bertz CT molecular complexity index is 857. The summed E-state index contributed by atoms with van der Waals surface area (Å²) in [5.41, 5.74) is 0.326. The van der Waals surface area contributed by atoms with Crippen molar-refractivity contribution >= 4 is 5.69 Å². The van der Waals surface area contributed by atoms with Gasteiger partial charge in [-0.05, 0) is 44.7 Å². The van der Waals surface area contributed by atoms with Gasteiger partial charge in [0.15, 0.2) is 11.5 Å². The Labute approximate surface area is 162 Å². The molecule has 4 rings (SSSR count). The van der Waals surface area contributed by atoms with E-state index in [2.05, 4.69) is 15.0 Å². The fourth-order valence-electron chi connectivity index (χ4n) is 4.21. The first kappa shape index (κ1) is 18.9. The van der Waals surface area contributed by atoms with Crippen LogP contribution in [0, 0.1) is 22.9 Å². The highest BCUT2D eigenvalue weighted by molar-refractivity contribution is 5.66. The maximum atomic E-state index is 14.3. The predicted octanol–water partition coefficient (Wildman–Crippen LogP) is 3.12. The molecule has 0 spiro atoms. The molecule has 9 heteroatoms. The highest BCUT2D eigenvalue weighted by Gasteiger charge is 2.31. The molecule has 0 radical (unpaired) electrons. The number of morpholine rings is 1. The molecule has 2 aliphatic rings. The van der Waals surface area contributed by atoms with Crippen LogP contribution < -0.4 is 0 Å². The first-order valence-electron chi connectivity index (χ1n) is 9.72. The van der Waals surface area contributed by atoms with Gasteiger partial charge in [-0.3, -0.25) is 19.7 Å². The molecule has 2 aromatic heterocycles. The van der Waals surface area contributed by atoms with E-state index >= 15 is 0 Å². The molecule has 1 aliphatic heterocycles. The lowest BCUT2D eigenvalue weighted by Gasteiger charge is -2.38. The van der Waals surface area contributed by atoms with E-state index in [9.17, 15) is 14.5 Å². The summed E-state index contributed by atoms with van der Waals surface area (Å²) in [6.45, 7) is 5.21. The molecule has 1 aliphatic carbocycles. The molecule has 1 saturated carbocycles. The Kier molecular flexibility index (Phi) is 5.36. The number of nitro groups is 1. The predicted molar refractivity (Wildman–Crippen MR) is 100 cm³/mol. The second-order valence-corrected chi connectivity index (χ2v) is 7.49. The molecule has 0 N–H and O–H groups in total. The maximum absolute atomic E-state index is 14.3. The van der Waals surface area contributed by atoms with Crippen molar-refractivity contribution in [1.29, 1.82) is 0 Å². The average molecular weight is 389 g/mol. The molecule has 0 bridgehead atoms. The zero-order chi connectivity index (χ0) is 19.7. The summed E-state index contributed by atoms with van der Waals surface area (Å²) in [6.07, 6.45) is 5.25. The third-order valence-corrected chi connectivity index (χ3v) is 5.72. The lowest BCUT2D eigenvalue weighted by Crippen LogP contribution is -2.45. The zero-order valence-corrected chi connectivity index (χ0v) is 15.9. The smallest absolute Gasteiger partial charge is 0.316 e. The monoisotopic (exact) mass is 389 g/mol. The summed E-state index contributed by atoms with van der Waals surface area (Å²) >= 11 is 0. The highest BCUT2D eigenvalue weighted by Crippen LogP contribution is 2.35. The van der Waals surface area contributed by atoms with Gasteiger partial charge in [-0.1, -0.05) is 0 Å². The van der Waals surface area contributed by atoms with Crippen molar-refractivity contribution in [1.82, 2.24) is 19.7 Å². The van der Waals surface area contributed by atoms with Gasteiger partial charge in [0.2, 0.25) is 0 Å². The summed E-state index contributed by atoms with van der Waals surface area (Å²) in [6, 6.07) is 3.42. The fraction of sp³-hybridized carbons (Fsp3) is 0.579. The van der Waals surface area contributed by atoms with E-state index in [1.807, 2.05) is 0 Å². The van der Waals surface area contributed by atoms with E-state index in [0.29, 0.717) is 11.7 Å². The van der Waals surface area contributed by atoms with Crippen LogP contribution >= 0.6 is 0 Å². The highest BCUT2D eigenvalue weighted by atomic mass is 19.1. The van der Waals surface area contributed by atoms with Gasteiger partial charge in [-0.15, -0.1) is 0 Å². The fourth-order valence-corrected chi connectivity index (χ4v) is 4.21. The molecular formula is C19H24FN5O3. The van der Waals surface area contributed by atoms with E-state index in [1.165, 1.54) is 18.3 Å². The maximum Gasteiger partial charge on any atom is 0.316 e. The van der Waals surface area contributed by atoms with Gasteiger partial charge >= 0.3 is 5.69 Å². The molecule has 2 fully saturated rings. The van der Waals surface area contributed by atoms with Crippen LogP contribution in [0.5, 0.6) is 0 Å². The molecule has 2 aromatic rings. The van der Waals surface area contributed by atoms with Crippen molar-refractivity contribution in [3.05, 3.63) is 40.0 Å². The third kappa shape index (κ3) is 3.77. The first-order valence-corrected chi connectivity index (χ1v) is 9.72. The van der Waals surface area contributed by atoms with Gasteiger partial charge in [0.05, 0.1) is 24.2 Å². The van der Waals surface area contributed by atoms with Crippen LogP contribution in [0.1, 0.15) is 37.4 Å². The Morgan fingerprint density at radius 3 is 2.50 bits per heavy atom. The second kappa shape index (κ2) is 7.92. The average Bonchev–Trinajstić information content (AvgIpc) is 3.16. The van der Waals surface area contributed by atoms with Crippen molar-refractivity contribution in [2.75, 3.05) is 26.3 Å². The lowest BCUT2D eigenvalue weighted by molar-refractivity contribution is -0.384. The standard InChI is InChI=1S/C19H24FN5O3/c1-13-2-7-16(20)18(21-13)19-17(25(26)27)12-24(22-19)15-5-3-14(4-6-15)23-8-10-28-11-9-23/h2,7,12,14-15H,3-6,8-11H2,1H3. The minimum absolute atomic E-state index is 0.00139. The molecule has 1 saturated heterocycles. The van der Waals surface area contributed by atoms with Gasteiger partial charge < -0.3 is 4.74 Å². The SMILES string of the molecule is Cc1ccc(F)c(-c2nn(C3CCC(N4CCOCC4)CC3)cc2[N+](=O)[O-])n1. The Hall–Kier alpha value is -2.39. The molecular weight excluding hydrogens is 365 g/mol. The number of pyridine rings is 1. The Morgan fingerprint density at radius 1 is 1.14 bits per heavy atom. The van der Waals surface area contributed by atoms with Gasteiger partial charge in [0.25, 0.3) is 0 Å². The van der Waals surface area contributed by atoms with E-state index in [-0.39, 0.29) is 23.1 Å². The van der Waals surface area contributed by atoms with Crippen LogP contribution in [0.25, 0.3) is 11.4 Å². The number of nitrogens with zero attached hydrogens (tertiary/aromatic N) is 5. The zero-order valence-electron chi connectivity index (χ0n) is 15.9. The van der Waals surface area contributed by atoms with Crippen LogP contribution in [0.4, 0.5) is 10.1 Å². The van der Waals surface area contributed by atoms with E-state index < -0.39 is 10.7 Å². The van der Waals surface area contributed by atoms with Crippen LogP contribution in [-0.4, -0.2) is 56.9 Å². The van der Waals surface area contributed by atoms with Crippen molar-refractivity contribution in [2.45, 2.75) is 44.7 Å². The Morgan fingerprint density at radius 2 is 1.82 bits per heavy atom. The molecule has 28 heavy (non-hydrogen) atoms. The number of aryl methyl sites for hydroxylation is 1. The van der Waals surface area contributed by atoms with Crippen molar-refractivity contribution in [2.24, 2.45) is 0 Å². The number of hydrogen-bond donors (Lipinski definition) is 0. The van der Waals surface area contributed by atoms with Gasteiger partial charge in [0.1, 0.15) is 11.9 Å². The lowest BCUT2D eigenvalue weighted by atomic mass is 9.90. The van der Waals surface area contributed by atoms with Gasteiger partial charge in [-0.25, -0.2) is 9.37 Å². The molecule has 0 amide bonds. The summed E-state index contributed by atoms with van der Waals surface area (Å²) in [5.74, 6) is -0.602. The second-order valence-electron chi connectivity index (χ2n) is 7.49. The van der Waals surface area contributed by atoms with E-state index in [0.717, 1.165) is 52.0 Å². The van der Waals surface area contributed by atoms with Crippen molar-refractivity contribution < 1.29 is 14.1 Å². The number of halogens is 1. The van der Waals surface area contributed by atoms with Crippen molar-refractivity contribution in [3.8, 4) is 11.4 Å². The van der Waals surface area contributed by atoms with Crippen LogP contribution in [0.15, 0.2) is 18.3 Å². The summed E-state index contributed by atoms with van der Waals surface area (Å²) in [7, 11) is 0. The van der Waals surface area contributed by atoms with Gasteiger partial charge in [0, 0.05) is 24.8 Å². The first-order chi connectivity index (χ1) is 13.5. The van der Waals surface area contributed by atoms with Crippen molar-refractivity contribution in [3.63, 3.8) is 0 Å². The number of aromatic nitrogens is 3. The van der Waals surface area contributed by atoms with Crippen LogP contribution in [0.3, 0.4) is 0 Å². The van der Waals surface area contributed by atoms with Gasteiger partial charge in [-0.2, -0.15) is 5.10 Å². The van der Waals surface area contributed by atoms with Crippen LogP contribution in [-0.2, 0) is 4.74 Å². The third-order valence-electron chi connectivity index (χ3n) is 5.72. The normalized spacial score (nSPS) is 23.6. The molecule has 0 aromatic carbocycles. The molecule has 0 atom stereocenters. The summed E-state index contributed by atoms with van der Waals surface area (Å²) < 4.78 is 21.3. The largest absolute Gasteiger partial charge is 0.379 e. The number of rotatable bonds is 4. The van der Waals surface area contributed by atoms with E-state index in [1.54, 1.807) is 11.6 Å². The molecule has 8 nitrogen and oxygen atoms in total. The summed E-state index contributed by atoms with van der Waals surface area (Å²) in [4.78, 5) is 17.6. The topological polar surface area (TPSA) is 86.3 Å². The molecule has 150 valence electrons.